The van der Waals surface area contributed by atoms with Crippen molar-refractivity contribution in [1.82, 2.24) is 9.80 Å². The van der Waals surface area contributed by atoms with Gasteiger partial charge in [-0.1, -0.05) is 0 Å². The van der Waals surface area contributed by atoms with Crippen LogP contribution >= 0.6 is 57.5 Å². The molecule has 2 saturated heterocycles. The van der Waals surface area contributed by atoms with E-state index < -0.39 is 10.2 Å². The lowest BCUT2D eigenvalue weighted by Gasteiger charge is -2.11. The first-order valence-corrected chi connectivity index (χ1v) is 16.4. The number of carbonyl (C=O) groups is 4. The molecule has 0 aromatic carbocycles. The van der Waals surface area contributed by atoms with Crippen molar-refractivity contribution in [2.24, 2.45) is 0 Å². The predicted octanol–water partition coefficient (Wildman–Crippen LogP) is 8.81. The van der Waals surface area contributed by atoms with Gasteiger partial charge in [-0.2, -0.15) is 0 Å². The Hall–Kier alpha value is -3.36. The zero-order valence-electron chi connectivity index (χ0n) is 23.3. The van der Waals surface area contributed by atoms with Gasteiger partial charge in [-0.15, -0.1) is 34.0 Å². The standard InChI is InChI=1S/C28H18N2O6S5/c1-3-29-15(25(31)40-27(29)33)9-13-5-7-17(35-13)19-11-21-23(38-19)24-22(37-21)12-20(39-24)18-8-6-14(36-18)10-16-26(32)41-28(34)30(16)4-2/h5-12H,3-4H2,1-2H3/b15-9-,16-10-/i9D,10D. The molecule has 0 unspecified atom stereocenters. The Morgan fingerprint density at radius 2 is 1.15 bits per heavy atom. The van der Waals surface area contributed by atoms with Gasteiger partial charge in [0.1, 0.15) is 34.4 Å². The number of likely N-dealkylation sites (N-methyl/N-ethyl adjacent to an activating group) is 2. The second kappa shape index (κ2) is 10.2. The van der Waals surface area contributed by atoms with Crippen LogP contribution in [-0.4, -0.2) is 43.6 Å². The Morgan fingerprint density at radius 3 is 1.56 bits per heavy atom. The van der Waals surface area contributed by atoms with Crippen molar-refractivity contribution in [3.63, 3.8) is 0 Å². The quantitative estimate of drug-likeness (QED) is 0.170. The number of thioether (sulfide) groups is 2. The summed E-state index contributed by atoms with van der Waals surface area (Å²) >= 11 is 5.92. The van der Waals surface area contributed by atoms with Crippen LogP contribution < -0.4 is 0 Å². The van der Waals surface area contributed by atoms with Gasteiger partial charge in [-0.05, 0) is 50.2 Å². The lowest BCUT2D eigenvalue weighted by atomic mass is 10.3. The maximum Gasteiger partial charge on any atom is 0.294 e. The van der Waals surface area contributed by atoms with Crippen LogP contribution in [0.3, 0.4) is 0 Å². The Kier molecular flexibility index (Phi) is 6.02. The summed E-state index contributed by atoms with van der Waals surface area (Å²) in [6.45, 7) is 4.09. The third-order valence-corrected chi connectivity index (χ3v) is 11.7. The van der Waals surface area contributed by atoms with Gasteiger partial charge >= 0.3 is 0 Å². The molecule has 13 heteroatoms. The van der Waals surface area contributed by atoms with Crippen LogP contribution in [-0.2, 0) is 9.59 Å². The molecule has 0 bridgehead atoms. The summed E-state index contributed by atoms with van der Waals surface area (Å²) in [5.74, 6) is 1.57. The van der Waals surface area contributed by atoms with Crippen LogP contribution in [0.2, 0.25) is 0 Å². The molecule has 7 rings (SSSR count). The summed E-state index contributed by atoms with van der Waals surface area (Å²) in [5, 5.41) is -1.68. The monoisotopic (exact) mass is 640 g/mol. The Labute approximate surface area is 256 Å². The molecule has 41 heavy (non-hydrogen) atoms. The molecule has 7 heterocycles. The topological polar surface area (TPSA) is 101 Å². The molecule has 206 valence electrons. The molecule has 0 atom stereocenters. The average molecular weight is 641 g/mol. The number of nitrogens with zero attached hydrogens (tertiary/aromatic N) is 2. The highest BCUT2D eigenvalue weighted by molar-refractivity contribution is 8.27. The minimum atomic E-state index is -0.453. The van der Waals surface area contributed by atoms with Crippen molar-refractivity contribution >= 4 is 109 Å². The first-order chi connectivity index (χ1) is 20.7. The number of carbonyl (C=O) groups excluding carboxylic acids is 4. The molecule has 2 aliphatic rings. The predicted molar refractivity (Wildman–Crippen MR) is 167 cm³/mol. The lowest BCUT2D eigenvalue weighted by molar-refractivity contribution is -0.109. The lowest BCUT2D eigenvalue weighted by Crippen LogP contribution is -2.21. The smallest absolute Gasteiger partial charge is 0.294 e. The van der Waals surface area contributed by atoms with Crippen molar-refractivity contribution in [3.05, 3.63) is 59.3 Å². The normalized spacial score (nSPS) is 19.4. The second-order valence-corrected chi connectivity index (χ2v) is 13.8. The molecular formula is C28H18N2O6S5. The fourth-order valence-electron chi connectivity index (χ4n) is 4.47. The molecule has 2 amide bonds. The third-order valence-electron chi connectivity index (χ3n) is 6.36. The van der Waals surface area contributed by atoms with Gasteiger partial charge < -0.3 is 8.83 Å². The van der Waals surface area contributed by atoms with Crippen molar-refractivity contribution in [2.75, 3.05) is 13.1 Å². The third kappa shape index (κ3) is 4.52. The second-order valence-electron chi connectivity index (χ2n) is 8.78. The molecule has 0 aliphatic carbocycles. The summed E-state index contributed by atoms with van der Waals surface area (Å²) in [6, 6.07) is 10.7. The highest BCUT2D eigenvalue weighted by Gasteiger charge is 2.34. The van der Waals surface area contributed by atoms with Crippen molar-refractivity contribution in [2.45, 2.75) is 13.8 Å². The van der Waals surface area contributed by atoms with Gasteiger partial charge in [-0.25, -0.2) is 0 Å². The summed E-state index contributed by atoms with van der Waals surface area (Å²) in [7, 11) is 0. The number of amides is 2. The van der Waals surface area contributed by atoms with Gasteiger partial charge in [-0.3, -0.25) is 29.0 Å². The van der Waals surface area contributed by atoms with Crippen LogP contribution in [0.5, 0.6) is 0 Å². The number of hydrogen-bond acceptors (Lipinski definition) is 11. The van der Waals surface area contributed by atoms with Gasteiger partial charge in [0, 0.05) is 58.1 Å². The van der Waals surface area contributed by atoms with E-state index in [4.69, 9.17) is 11.6 Å². The average Bonchev–Trinajstić information content (AvgIpc) is 3.80. The highest BCUT2D eigenvalue weighted by Crippen LogP contribution is 2.48. The van der Waals surface area contributed by atoms with Gasteiger partial charge in [0.25, 0.3) is 10.5 Å². The largest absolute Gasteiger partial charge is 0.456 e. The van der Waals surface area contributed by atoms with E-state index in [1.807, 2.05) is 12.1 Å². The van der Waals surface area contributed by atoms with E-state index in [0.29, 0.717) is 48.1 Å². The maximum absolute atomic E-state index is 12.3. The fraction of sp³-hybridized carbons (Fsp3) is 0.143. The molecule has 0 N–H and O–H groups in total. The van der Waals surface area contributed by atoms with Gasteiger partial charge in [0.05, 0.1) is 21.9 Å². The maximum atomic E-state index is 12.3. The number of furan rings is 2. The minimum absolute atomic E-state index is 0.0399. The van der Waals surface area contributed by atoms with Crippen molar-refractivity contribution in [3.8, 4) is 21.3 Å². The van der Waals surface area contributed by atoms with Crippen molar-refractivity contribution in [1.29, 1.82) is 0 Å². The molecule has 5 aromatic rings. The van der Waals surface area contributed by atoms with E-state index in [2.05, 4.69) is 0 Å². The van der Waals surface area contributed by atoms with E-state index in [0.717, 1.165) is 28.6 Å². The molecule has 0 spiro atoms. The molecule has 8 nitrogen and oxygen atoms in total. The number of thiophene rings is 3. The van der Waals surface area contributed by atoms with E-state index in [-0.39, 0.29) is 45.5 Å². The molecular weight excluding hydrogens is 621 g/mol. The summed E-state index contributed by atoms with van der Waals surface area (Å²) in [6.07, 6.45) is 0. The SMILES string of the molecule is [2H]/C(=C1\C(=O)SC(=O)N1CC)c1ccc(-c2cc3sc4cc(-c5ccc(/C([2H])=C6/C(=O)SC(=O)N6CC)o5)sc4c3s2)o1. The molecule has 5 aromatic heterocycles. The van der Waals surface area contributed by atoms with E-state index in [9.17, 15) is 19.2 Å². The summed E-state index contributed by atoms with van der Waals surface area (Å²) in [5.41, 5.74) is 0.0798. The fourth-order valence-corrected chi connectivity index (χ4v) is 9.91. The molecule has 0 saturated carbocycles. The highest BCUT2D eigenvalue weighted by atomic mass is 32.2. The summed E-state index contributed by atoms with van der Waals surface area (Å²) in [4.78, 5) is 53.2. The molecule has 2 fully saturated rings. The van der Waals surface area contributed by atoms with Gasteiger partial charge in [0.15, 0.2) is 0 Å². The number of fused-ring (bicyclic) bond motifs is 3. The Bertz CT molecular complexity index is 1950. The van der Waals surface area contributed by atoms with Crippen LogP contribution in [0.4, 0.5) is 9.59 Å². The van der Waals surface area contributed by atoms with E-state index in [1.165, 1.54) is 9.80 Å². The zero-order chi connectivity index (χ0) is 30.2. The van der Waals surface area contributed by atoms with Crippen LogP contribution in [0.25, 0.3) is 52.2 Å². The Balaban J connectivity index is 1.19. The number of rotatable bonds is 6. The van der Waals surface area contributed by atoms with E-state index >= 15 is 0 Å². The molecule has 2 aliphatic heterocycles. The Morgan fingerprint density at radius 1 is 0.707 bits per heavy atom. The van der Waals surface area contributed by atoms with Crippen LogP contribution in [0.15, 0.2) is 56.6 Å². The first kappa shape index (κ1) is 24.3. The minimum Gasteiger partial charge on any atom is -0.456 e. The number of hydrogen-bond donors (Lipinski definition) is 0. The van der Waals surface area contributed by atoms with Crippen molar-refractivity contribution < 1.29 is 30.8 Å². The first-order valence-electron chi connectivity index (χ1n) is 13.3. The summed E-state index contributed by atoms with van der Waals surface area (Å²) < 4.78 is 33.4. The van der Waals surface area contributed by atoms with Gasteiger partial charge in [0.2, 0.25) is 10.2 Å². The van der Waals surface area contributed by atoms with Crippen LogP contribution in [0.1, 0.15) is 28.1 Å². The van der Waals surface area contributed by atoms with Crippen LogP contribution in [0, 0.1) is 0 Å². The van der Waals surface area contributed by atoms with E-state index in [1.54, 1.807) is 72.1 Å². The molecule has 0 radical (unpaired) electrons. The zero-order valence-corrected chi connectivity index (χ0v) is 25.3.